The highest BCUT2D eigenvalue weighted by atomic mass is 19.1. The van der Waals surface area contributed by atoms with Crippen molar-refractivity contribution in [3.8, 4) is 0 Å². The molecule has 2 aliphatic rings. The fourth-order valence-electron chi connectivity index (χ4n) is 7.05. The molecule has 2 fully saturated rings. The smallest absolute Gasteiger partial charge is 0.323 e. The Hall–Kier alpha value is -3.36. The first kappa shape index (κ1) is 32.0. The maximum absolute atomic E-state index is 15.1. The first-order valence-corrected chi connectivity index (χ1v) is 15.8. The van der Waals surface area contributed by atoms with Gasteiger partial charge in [0.15, 0.2) is 0 Å². The number of methoxy groups -OCH3 is 1. The van der Waals surface area contributed by atoms with Crippen LogP contribution >= 0.6 is 0 Å². The average molecular weight is 606 g/mol. The Morgan fingerprint density at radius 1 is 0.955 bits per heavy atom. The van der Waals surface area contributed by atoms with Gasteiger partial charge in [0.05, 0.1) is 13.0 Å². The molecule has 0 spiro atoms. The molecular formula is C36H45F2N3O3. The number of likely N-dealkylation sites (tertiary alicyclic amines) is 1. The zero-order valence-corrected chi connectivity index (χ0v) is 26.6. The van der Waals surface area contributed by atoms with Crippen molar-refractivity contribution in [2.24, 2.45) is 5.92 Å². The lowest BCUT2D eigenvalue weighted by atomic mass is 9.86. The number of benzene rings is 3. The molecule has 5 rings (SSSR count). The summed E-state index contributed by atoms with van der Waals surface area (Å²) in [6.45, 7) is 11.0. The van der Waals surface area contributed by atoms with Crippen LogP contribution in [0.1, 0.15) is 57.6 Å². The molecule has 0 aromatic heterocycles. The Bertz CT molecular complexity index is 1490. The number of hydrogen-bond donors (Lipinski definition) is 0. The summed E-state index contributed by atoms with van der Waals surface area (Å²) in [7, 11) is 1.43. The number of amides is 1. The zero-order valence-electron chi connectivity index (χ0n) is 26.6. The third kappa shape index (κ3) is 6.81. The van der Waals surface area contributed by atoms with Gasteiger partial charge in [0.2, 0.25) is 5.91 Å². The Labute approximate surface area is 260 Å². The van der Waals surface area contributed by atoms with Gasteiger partial charge in [-0.1, -0.05) is 61.9 Å². The molecule has 1 amide bonds. The summed E-state index contributed by atoms with van der Waals surface area (Å²) in [6, 6.07) is 17.6. The van der Waals surface area contributed by atoms with Crippen molar-refractivity contribution in [3.05, 3.63) is 83.4 Å². The fourth-order valence-corrected chi connectivity index (χ4v) is 7.05. The summed E-state index contributed by atoms with van der Waals surface area (Å²) in [6.07, 6.45) is 2.18. The lowest BCUT2D eigenvalue weighted by Crippen LogP contribution is -2.60. The summed E-state index contributed by atoms with van der Waals surface area (Å²) >= 11 is 0. The molecule has 3 aromatic carbocycles. The van der Waals surface area contributed by atoms with Crippen molar-refractivity contribution in [2.75, 3.05) is 39.8 Å². The molecule has 0 radical (unpaired) electrons. The van der Waals surface area contributed by atoms with E-state index in [4.69, 9.17) is 4.74 Å². The van der Waals surface area contributed by atoms with Crippen molar-refractivity contribution in [1.82, 2.24) is 14.7 Å². The highest BCUT2D eigenvalue weighted by Gasteiger charge is 2.46. The molecule has 0 unspecified atom stereocenters. The Kier molecular flexibility index (Phi) is 9.71. The van der Waals surface area contributed by atoms with Crippen LogP contribution < -0.4 is 0 Å². The van der Waals surface area contributed by atoms with E-state index < -0.39 is 23.6 Å². The second-order valence-corrected chi connectivity index (χ2v) is 13.3. The highest BCUT2D eigenvalue weighted by Crippen LogP contribution is 2.39. The van der Waals surface area contributed by atoms with Crippen LogP contribution in [0.4, 0.5) is 8.78 Å². The molecule has 44 heavy (non-hydrogen) atoms. The second-order valence-electron chi connectivity index (χ2n) is 13.3. The summed E-state index contributed by atoms with van der Waals surface area (Å²) in [5.74, 6) is -2.33. The topological polar surface area (TPSA) is 53.1 Å². The minimum Gasteiger partial charge on any atom is -0.468 e. The molecule has 236 valence electrons. The molecular weight excluding hydrogens is 560 g/mol. The maximum Gasteiger partial charge on any atom is 0.323 e. The average Bonchev–Trinajstić information content (AvgIpc) is 3.45. The summed E-state index contributed by atoms with van der Waals surface area (Å²) in [5, 5.41) is 2.28. The first-order chi connectivity index (χ1) is 21.0. The molecule has 2 saturated heterocycles. The van der Waals surface area contributed by atoms with E-state index >= 15 is 4.39 Å². The molecule has 8 heteroatoms. The van der Waals surface area contributed by atoms with Crippen LogP contribution in [0.2, 0.25) is 0 Å². The van der Waals surface area contributed by atoms with E-state index in [9.17, 15) is 14.0 Å². The lowest BCUT2D eigenvalue weighted by molar-refractivity contribution is -0.150. The number of ether oxygens (including phenoxy) is 1. The van der Waals surface area contributed by atoms with Crippen LogP contribution in [0.3, 0.4) is 0 Å². The molecule has 0 saturated carbocycles. The predicted octanol–water partition coefficient (Wildman–Crippen LogP) is 6.03. The van der Waals surface area contributed by atoms with Crippen molar-refractivity contribution in [3.63, 3.8) is 0 Å². The second kappa shape index (κ2) is 13.3. The molecule has 0 aliphatic carbocycles. The van der Waals surface area contributed by atoms with Gasteiger partial charge in [0, 0.05) is 56.3 Å². The van der Waals surface area contributed by atoms with Crippen LogP contribution in [0.5, 0.6) is 0 Å². The van der Waals surface area contributed by atoms with Gasteiger partial charge in [-0.25, -0.2) is 8.78 Å². The Balaban J connectivity index is 1.38. The van der Waals surface area contributed by atoms with Crippen LogP contribution in [-0.4, -0.2) is 84.0 Å². The van der Waals surface area contributed by atoms with Crippen LogP contribution in [-0.2, 0) is 20.7 Å². The molecule has 2 heterocycles. The standard InChI is InChI=1S/C36H45F2N3O3/c1-6-9-28-21-39(33(35(43)44-5)19-24-12-13-25-10-7-8-11-26(25)18-24)16-17-41(28)34(42)31-23-40(36(2,3)4)22-30(31)29-15-14-27(37)20-32(29)38/h7-8,10-15,18,20,28,30-31,33H,6,9,16-17,19,21-23H2,1-5H3/t28-,30-,31+,33-/m0/s1. The number of piperazine rings is 1. The molecule has 0 N–H and O–H groups in total. The zero-order chi connectivity index (χ0) is 31.6. The van der Waals surface area contributed by atoms with Gasteiger partial charge >= 0.3 is 5.97 Å². The van der Waals surface area contributed by atoms with Gasteiger partial charge in [-0.15, -0.1) is 0 Å². The third-order valence-electron chi connectivity index (χ3n) is 9.52. The van der Waals surface area contributed by atoms with E-state index in [1.807, 2.05) is 17.0 Å². The van der Waals surface area contributed by atoms with Crippen molar-refractivity contribution >= 4 is 22.6 Å². The lowest BCUT2D eigenvalue weighted by Gasteiger charge is -2.45. The van der Waals surface area contributed by atoms with Gasteiger partial charge in [-0.05, 0) is 61.6 Å². The number of fused-ring (bicyclic) bond motifs is 1. The Morgan fingerprint density at radius 3 is 2.39 bits per heavy atom. The molecule has 0 bridgehead atoms. The number of hydrogen-bond acceptors (Lipinski definition) is 5. The molecule has 2 aliphatic heterocycles. The normalized spacial score (nSPS) is 22.3. The van der Waals surface area contributed by atoms with Crippen LogP contribution in [0.15, 0.2) is 60.7 Å². The van der Waals surface area contributed by atoms with Crippen molar-refractivity contribution < 1.29 is 23.1 Å². The van der Waals surface area contributed by atoms with Gasteiger partial charge in [0.25, 0.3) is 0 Å². The number of carbonyl (C=O) groups is 2. The summed E-state index contributed by atoms with van der Waals surface area (Å²) in [5.41, 5.74) is 1.24. The van der Waals surface area contributed by atoms with E-state index in [1.54, 1.807) is 0 Å². The predicted molar refractivity (Wildman–Crippen MR) is 169 cm³/mol. The van der Waals surface area contributed by atoms with Crippen LogP contribution in [0.25, 0.3) is 10.8 Å². The van der Waals surface area contributed by atoms with E-state index in [-0.39, 0.29) is 29.4 Å². The van der Waals surface area contributed by atoms with E-state index in [0.29, 0.717) is 44.7 Å². The highest BCUT2D eigenvalue weighted by molar-refractivity contribution is 5.84. The molecule has 6 nitrogen and oxygen atoms in total. The fraction of sp³-hybridized carbons (Fsp3) is 0.500. The number of rotatable bonds is 8. The van der Waals surface area contributed by atoms with E-state index in [0.717, 1.165) is 35.2 Å². The van der Waals surface area contributed by atoms with Gasteiger partial charge < -0.3 is 9.64 Å². The molecule has 4 atom stereocenters. The number of esters is 1. The number of halogens is 2. The van der Waals surface area contributed by atoms with Gasteiger partial charge in [-0.3, -0.25) is 19.4 Å². The SMILES string of the molecule is CCC[C@H]1CN([C@@H](Cc2ccc3ccccc3c2)C(=O)OC)CCN1C(=O)[C@@H]1CN(C(C)(C)C)C[C@H]1c1ccc(F)cc1F. The minimum atomic E-state index is -0.622. The summed E-state index contributed by atoms with van der Waals surface area (Å²) in [4.78, 5) is 33.9. The Morgan fingerprint density at radius 2 is 1.70 bits per heavy atom. The number of nitrogens with zero attached hydrogens (tertiary/aromatic N) is 3. The van der Waals surface area contributed by atoms with Crippen molar-refractivity contribution in [2.45, 2.75) is 70.5 Å². The van der Waals surface area contributed by atoms with Gasteiger partial charge in [-0.2, -0.15) is 0 Å². The van der Waals surface area contributed by atoms with E-state index in [2.05, 4.69) is 67.8 Å². The van der Waals surface area contributed by atoms with Gasteiger partial charge in [0.1, 0.15) is 17.7 Å². The minimum absolute atomic E-state index is 0.00715. The third-order valence-corrected chi connectivity index (χ3v) is 9.52. The first-order valence-electron chi connectivity index (χ1n) is 15.8. The number of carbonyl (C=O) groups excluding carboxylic acids is 2. The maximum atomic E-state index is 15.1. The quantitative estimate of drug-likeness (QED) is 0.294. The summed E-state index contributed by atoms with van der Waals surface area (Å²) < 4.78 is 34.2. The van der Waals surface area contributed by atoms with Crippen molar-refractivity contribution in [1.29, 1.82) is 0 Å². The monoisotopic (exact) mass is 605 g/mol. The van der Waals surface area contributed by atoms with Crippen LogP contribution in [0, 0.1) is 17.6 Å². The van der Waals surface area contributed by atoms with E-state index in [1.165, 1.54) is 19.2 Å². The largest absolute Gasteiger partial charge is 0.468 e. The molecule has 3 aromatic rings.